The molecule has 97 heavy (non-hydrogen) atoms. The van der Waals surface area contributed by atoms with E-state index in [0.717, 1.165) is 16.7 Å². The Bertz CT molecular complexity index is 4640. The van der Waals surface area contributed by atoms with Crippen LogP contribution in [0.15, 0.2) is 194 Å². The summed E-state index contributed by atoms with van der Waals surface area (Å²) in [6.45, 7) is 1.48. The molecule has 29 heteroatoms. The number of ether oxygens (including phenoxy) is 11. The van der Waals surface area contributed by atoms with Crippen molar-refractivity contribution in [1.82, 2.24) is 58.6 Å². The van der Waals surface area contributed by atoms with Gasteiger partial charge in [-0.15, -0.1) is 0 Å². The van der Waals surface area contributed by atoms with E-state index in [1.54, 1.807) is 74.9 Å². The van der Waals surface area contributed by atoms with Crippen LogP contribution < -0.4 is 11.3 Å². The molecule has 6 saturated heterocycles. The largest absolute Gasteiger partial charge is 0.459 e. The number of anilines is 1. The van der Waals surface area contributed by atoms with Crippen LogP contribution in [0.5, 0.6) is 0 Å². The van der Waals surface area contributed by atoms with Gasteiger partial charge in [0.05, 0.1) is 82.7 Å². The summed E-state index contributed by atoms with van der Waals surface area (Å²) < 4.78 is 72.7. The first-order chi connectivity index (χ1) is 47.5. The molecular weight excluding hydrogens is 1270 g/mol. The van der Waals surface area contributed by atoms with E-state index in [-0.39, 0.29) is 55.9 Å². The topological polar surface area (TPSA) is 333 Å². The standard InChI is InChI=1S/C25H21ClN4O5.C25H22N4O6.C18H19N5O4/c26-21-18-22(28-14-27-21)30(15-29-18)23-19-20(32-11-16-7-3-1-4-8-16)25(35-23,12-33-19)13-34-24(31)17-9-5-2-6-10-17;30-22-18-21(26-14-27-22)29(15-28-18)23-19-20(32-11-16-7-3-1-4-8-16)25(35-23,12-33-19)13-34-24(31)17-9-5-2-6-10-17;19-15-12-16(21-9-20-15)23(10-22-12)17-13-14(18(7-24,27-17)8-26-13)25-6-11-4-2-1-3-5-11/h1-10,14-15,19-20,23H,11-13H2;1-10,14-15,19-20,23H,11-13H2,(H,26,27,30);1-5,9-10,13-14,17,24H,6-8H2,(H2,19,20,21)/t2*19-,20?,23+,25+;13-,14?,17+,18-/m000/s1. The lowest BCUT2D eigenvalue weighted by molar-refractivity contribution is -0.187. The van der Waals surface area contributed by atoms with Crippen molar-refractivity contribution in [2.24, 2.45) is 0 Å². The average Bonchev–Trinajstić information content (AvgIpc) is 1.59. The number of carbonyl (C=O) groups excluding carboxylic acids is 2. The second-order valence-corrected chi connectivity index (χ2v) is 24.2. The maximum Gasteiger partial charge on any atom is 0.338 e. The molecule has 11 aromatic rings. The predicted octanol–water partition coefficient (Wildman–Crippen LogP) is 6.47. The number of nitrogens with one attached hydrogen (secondary N) is 1. The van der Waals surface area contributed by atoms with Crippen LogP contribution in [0.2, 0.25) is 5.15 Å². The number of hydrogen-bond acceptors (Lipinski definition) is 24. The number of carbonyl (C=O) groups is 2. The zero-order chi connectivity index (χ0) is 66.1. The Morgan fingerprint density at radius 3 is 1.35 bits per heavy atom. The molecule has 6 aromatic heterocycles. The molecule has 5 aromatic carbocycles. The van der Waals surface area contributed by atoms with Crippen molar-refractivity contribution in [3.8, 4) is 0 Å². The highest BCUT2D eigenvalue weighted by atomic mass is 35.5. The number of nitrogens with zero attached hydrogens (tertiary/aromatic N) is 11. The molecule has 12 atom stereocenters. The molecule has 496 valence electrons. The van der Waals surface area contributed by atoms with Crippen molar-refractivity contribution in [3.63, 3.8) is 0 Å². The van der Waals surface area contributed by atoms with Gasteiger partial charge in [0.1, 0.15) is 79.1 Å². The minimum Gasteiger partial charge on any atom is -0.459 e. The molecule has 6 aliphatic rings. The van der Waals surface area contributed by atoms with Crippen LogP contribution in [0.1, 0.15) is 56.1 Å². The number of rotatable bonds is 19. The summed E-state index contributed by atoms with van der Waals surface area (Å²) >= 11 is 6.19. The van der Waals surface area contributed by atoms with E-state index in [1.807, 2.05) is 103 Å². The van der Waals surface area contributed by atoms with Crippen molar-refractivity contribution in [2.75, 3.05) is 45.4 Å². The minimum absolute atomic E-state index is 0.0322. The highest BCUT2D eigenvalue weighted by Gasteiger charge is 2.66. The third-order valence-electron chi connectivity index (χ3n) is 17.8. The summed E-state index contributed by atoms with van der Waals surface area (Å²) in [7, 11) is 0. The number of hydrogen-bond donors (Lipinski definition) is 3. The first-order valence-electron chi connectivity index (χ1n) is 31.1. The number of fused-ring (bicyclic) bond motifs is 9. The van der Waals surface area contributed by atoms with Gasteiger partial charge in [-0.2, -0.15) is 0 Å². The predicted molar refractivity (Wildman–Crippen MR) is 342 cm³/mol. The van der Waals surface area contributed by atoms with Gasteiger partial charge in [-0.25, -0.2) is 49.5 Å². The molecule has 0 amide bonds. The number of aliphatic hydroxyl groups is 1. The van der Waals surface area contributed by atoms with E-state index in [4.69, 9.17) is 69.4 Å². The van der Waals surface area contributed by atoms with Crippen LogP contribution in [0.3, 0.4) is 0 Å². The lowest BCUT2D eigenvalue weighted by Crippen LogP contribution is -2.46. The molecule has 12 heterocycles. The number of esters is 2. The van der Waals surface area contributed by atoms with Crippen molar-refractivity contribution in [1.29, 1.82) is 0 Å². The van der Waals surface area contributed by atoms with Gasteiger partial charge in [0.15, 0.2) is 63.3 Å². The summed E-state index contributed by atoms with van der Waals surface area (Å²) in [6, 6.07) is 47.0. The number of H-pyrrole nitrogens is 1. The van der Waals surface area contributed by atoms with Crippen LogP contribution in [-0.4, -0.2) is 169 Å². The molecule has 0 spiro atoms. The maximum atomic E-state index is 12.7. The van der Waals surface area contributed by atoms with E-state index in [2.05, 4.69) is 44.9 Å². The van der Waals surface area contributed by atoms with Crippen LogP contribution in [0, 0.1) is 0 Å². The number of nitrogen functional groups attached to an aromatic ring is 1. The van der Waals surface area contributed by atoms with Crippen molar-refractivity contribution < 1.29 is 66.8 Å². The summed E-state index contributed by atoms with van der Waals surface area (Å²) in [4.78, 5) is 73.6. The van der Waals surface area contributed by atoms with Gasteiger partial charge in [-0.3, -0.25) is 18.5 Å². The third kappa shape index (κ3) is 12.2. The highest BCUT2D eigenvalue weighted by molar-refractivity contribution is 6.33. The normalized spacial score (nSPS) is 26.4. The van der Waals surface area contributed by atoms with Crippen molar-refractivity contribution in [2.45, 2.75) is 91.9 Å². The molecule has 0 aliphatic carbocycles. The maximum absolute atomic E-state index is 12.7. The molecular formula is C68H62ClN13O15. The number of nitrogens with two attached hydrogens (primary N) is 1. The monoisotopic (exact) mass is 1340 g/mol. The Morgan fingerprint density at radius 2 is 0.887 bits per heavy atom. The Kier molecular flexibility index (Phi) is 17.6. The summed E-state index contributed by atoms with van der Waals surface area (Å²) in [5.41, 5.74) is 9.14. The van der Waals surface area contributed by atoms with Gasteiger partial charge in [-0.05, 0) is 41.0 Å². The third-order valence-corrected chi connectivity index (χ3v) is 18.1. The summed E-state index contributed by atoms with van der Waals surface area (Å²) in [5.74, 6) is -0.597. The second-order valence-electron chi connectivity index (χ2n) is 23.9. The molecule has 28 nitrogen and oxygen atoms in total. The van der Waals surface area contributed by atoms with Gasteiger partial charge in [0, 0.05) is 0 Å². The lowest BCUT2D eigenvalue weighted by atomic mass is 10.00. The minimum atomic E-state index is -1.04. The van der Waals surface area contributed by atoms with E-state index >= 15 is 0 Å². The second kappa shape index (κ2) is 27.0. The van der Waals surface area contributed by atoms with E-state index in [9.17, 15) is 19.5 Å². The number of aromatic amines is 1. The van der Waals surface area contributed by atoms with E-state index in [0.29, 0.717) is 64.7 Å². The van der Waals surface area contributed by atoms with Crippen LogP contribution in [-0.2, 0) is 71.9 Å². The SMILES string of the molecule is Nc1ncnc2c1ncn2[C@@H]1O[C@@]2(CO)CO[C@H]1C2OCc1ccccc1.O=C(OC[C@]12CO[C@@H](C1OCc1ccccc1)[C@H](n1cnc3c(=O)[nH]cnc31)O2)c1ccccc1.O=C(OC[C@]12CO[C@@H](C1OCc1ccccc1)[C@H](n1cnc3c(Cl)ncnc31)O2)c1ccccc1. The molecule has 3 unspecified atom stereocenters. The van der Waals surface area contributed by atoms with E-state index in [1.165, 1.54) is 25.3 Å². The molecule has 6 aliphatic heterocycles. The molecule has 6 fully saturated rings. The fourth-order valence-corrected chi connectivity index (χ4v) is 13.2. The van der Waals surface area contributed by atoms with Crippen LogP contribution in [0.25, 0.3) is 33.5 Å². The highest BCUT2D eigenvalue weighted by Crippen LogP contribution is 2.51. The molecule has 6 bridgehead atoms. The fourth-order valence-electron chi connectivity index (χ4n) is 13.0. The summed E-state index contributed by atoms with van der Waals surface area (Å²) in [6.07, 6.45) is 4.15. The van der Waals surface area contributed by atoms with E-state index < -0.39 is 84.0 Å². The molecule has 0 saturated carbocycles. The number of halogens is 1. The fraction of sp³-hybridized carbons (Fsp3) is 0.309. The molecule has 4 N–H and O–H groups in total. The Labute approximate surface area is 556 Å². The van der Waals surface area contributed by atoms with Gasteiger partial charge >= 0.3 is 11.9 Å². The van der Waals surface area contributed by atoms with Gasteiger partial charge in [-0.1, -0.05) is 139 Å². The summed E-state index contributed by atoms with van der Waals surface area (Å²) in [5, 5.41) is 10.3. The number of aromatic nitrogens is 12. The Hall–Kier alpha value is -9.82. The average molecular weight is 1340 g/mol. The molecule has 0 radical (unpaired) electrons. The zero-order valence-corrected chi connectivity index (χ0v) is 52.3. The Balaban J connectivity index is 0.000000120. The number of aliphatic hydroxyl groups excluding tert-OH is 1. The lowest BCUT2D eigenvalue weighted by Gasteiger charge is -2.31. The first kappa shape index (κ1) is 63.2. The quantitative estimate of drug-likeness (QED) is 0.0577. The number of benzene rings is 5. The zero-order valence-electron chi connectivity index (χ0n) is 51.5. The van der Waals surface area contributed by atoms with Crippen molar-refractivity contribution in [3.05, 3.63) is 233 Å². The number of imidazole rings is 3. The van der Waals surface area contributed by atoms with Crippen LogP contribution in [0.4, 0.5) is 5.82 Å². The first-order valence-corrected chi connectivity index (χ1v) is 31.5. The smallest absolute Gasteiger partial charge is 0.338 e. The Morgan fingerprint density at radius 1 is 0.505 bits per heavy atom. The van der Waals surface area contributed by atoms with Gasteiger partial charge in [0.25, 0.3) is 5.56 Å². The van der Waals surface area contributed by atoms with Gasteiger partial charge < -0.3 is 67.9 Å². The van der Waals surface area contributed by atoms with Crippen molar-refractivity contribution >= 4 is 62.8 Å². The van der Waals surface area contributed by atoms with Crippen LogP contribution >= 0.6 is 11.6 Å². The van der Waals surface area contributed by atoms with Gasteiger partial charge in [0.2, 0.25) is 0 Å². The molecule has 17 rings (SSSR count).